The van der Waals surface area contributed by atoms with Crippen LogP contribution in [0.2, 0.25) is 0 Å². The molecular weight excluding hydrogens is 554 g/mol. The fourth-order valence-electron chi connectivity index (χ4n) is 4.76. The van der Waals surface area contributed by atoms with E-state index in [-0.39, 0.29) is 16.8 Å². The van der Waals surface area contributed by atoms with Crippen molar-refractivity contribution in [3.8, 4) is 0 Å². The van der Waals surface area contributed by atoms with Gasteiger partial charge in [-0.2, -0.15) is 18.3 Å². The molecule has 2 aromatic carbocycles. The summed E-state index contributed by atoms with van der Waals surface area (Å²) in [5.41, 5.74) is -0.470. The number of anilines is 2. The van der Waals surface area contributed by atoms with E-state index in [0.29, 0.717) is 36.4 Å². The molecule has 2 aromatic heterocycles. The standard InChI is InChI=1S/C29H27F4N7O2/c1-16-25(28(42)37-20-6-4-19-15-34-9-8-17(19)12-20)26(18-5-7-21(22(30)13-18)29(31,32)33)40-24(36-16)14-23(38-40)27(41)35-10-11-39(2)3/h4-9,12-15,26,36H,10-11H2,1-3H3,(H,35,41)(H,37,42). The Balaban J connectivity index is 1.54. The summed E-state index contributed by atoms with van der Waals surface area (Å²) in [6, 6.07) is 9.81. The van der Waals surface area contributed by atoms with Gasteiger partial charge in [-0.25, -0.2) is 9.07 Å². The zero-order valence-corrected chi connectivity index (χ0v) is 22.9. The first-order valence-corrected chi connectivity index (χ1v) is 12.9. The molecule has 2 amide bonds. The van der Waals surface area contributed by atoms with Gasteiger partial charge in [0, 0.05) is 48.3 Å². The molecule has 3 N–H and O–H groups in total. The van der Waals surface area contributed by atoms with E-state index >= 15 is 0 Å². The van der Waals surface area contributed by atoms with Crippen LogP contribution in [-0.2, 0) is 11.0 Å². The fraction of sp³-hybridized carbons (Fsp3) is 0.241. The molecule has 0 bridgehead atoms. The molecule has 13 heteroatoms. The van der Waals surface area contributed by atoms with Gasteiger partial charge in [-0.3, -0.25) is 14.6 Å². The highest BCUT2D eigenvalue weighted by Crippen LogP contribution is 2.39. The van der Waals surface area contributed by atoms with Gasteiger partial charge in [0.25, 0.3) is 11.8 Å². The zero-order chi connectivity index (χ0) is 30.2. The number of nitrogens with zero attached hydrogens (tertiary/aromatic N) is 4. The predicted molar refractivity (Wildman–Crippen MR) is 149 cm³/mol. The van der Waals surface area contributed by atoms with Crippen LogP contribution in [0.4, 0.5) is 29.1 Å². The lowest BCUT2D eigenvalue weighted by atomic mass is 9.93. The second kappa shape index (κ2) is 11.2. The number of hydrogen-bond donors (Lipinski definition) is 3. The van der Waals surface area contributed by atoms with Crippen molar-refractivity contribution in [2.45, 2.75) is 19.1 Å². The molecule has 0 radical (unpaired) electrons. The number of likely N-dealkylation sites (N-methyl/N-ethyl adjacent to an activating group) is 1. The number of carbonyl (C=O) groups excluding carboxylic acids is 2. The summed E-state index contributed by atoms with van der Waals surface area (Å²) >= 11 is 0. The maximum absolute atomic E-state index is 14.8. The molecule has 0 spiro atoms. The number of carbonyl (C=O) groups is 2. The second-order valence-corrected chi connectivity index (χ2v) is 10.1. The fourth-order valence-corrected chi connectivity index (χ4v) is 4.76. The van der Waals surface area contributed by atoms with Crippen molar-refractivity contribution >= 4 is 34.1 Å². The Morgan fingerprint density at radius 2 is 1.83 bits per heavy atom. The van der Waals surface area contributed by atoms with Gasteiger partial charge in [0.2, 0.25) is 0 Å². The van der Waals surface area contributed by atoms with Gasteiger partial charge in [-0.1, -0.05) is 12.1 Å². The second-order valence-electron chi connectivity index (χ2n) is 10.1. The van der Waals surface area contributed by atoms with Gasteiger partial charge >= 0.3 is 6.18 Å². The van der Waals surface area contributed by atoms with E-state index in [1.54, 1.807) is 43.6 Å². The predicted octanol–water partition coefficient (Wildman–Crippen LogP) is 4.81. The van der Waals surface area contributed by atoms with Gasteiger partial charge in [-0.05, 0) is 62.3 Å². The number of aromatic nitrogens is 3. The summed E-state index contributed by atoms with van der Waals surface area (Å²) < 4.78 is 56.1. The quantitative estimate of drug-likeness (QED) is 0.271. The molecule has 5 rings (SSSR count). The molecule has 3 heterocycles. The Bertz CT molecular complexity index is 1710. The minimum atomic E-state index is -4.90. The van der Waals surface area contributed by atoms with Crippen molar-refractivity contribution in [1.29, 1.82) is 0 Å². The summed E-state index contributed by atoms with van der Waals surface area (Å²) in [4.78, 5) is 32.5. The lowest BCUT2D eigenvalue weighted by Gasteiger charge is -2.30. The minimum absolute atomic E-state index is 0.0197. The van der Waals surface area contributed by atoms with Gasteiger partial charge in [0.15, 0.2) is 5.69 Å². The number of benzene rings is 2. The third-order valence-corrected chi connectivity index (χ3v) is 6.81. The first kappa shape index (κ1) is 28.7. The van der Waals surface area contributed by atoms with Crippen molar-refractivity contribution in [2.24, 2.45) is 0 Å². The normalized spacial score (nSPS) is 15.0. The highest BCUT2D eigenvalue weighted by molar-refractivity contribution is 6.07. The van der Waals surface area contributed by atoms with Gasteiger partial charge < -0.3 is 20.9 Å². The molecular formula is C29H27F4N7O2. The van der Waals surface area contributed by atoms with Crippen LogP contribution in [0.3, 0.4) is 0 Å². The van der Waals surface area contributed by atoms with Crippen molar-refractivity contribution in [1.82, 2.24) is 25.0 Å². The van der Waals surface area contributed by atoms with Crippen molar-refractivity contribution in [3.63, 3.8) is 0 Å². The zero-order valence-electron chi connectivity index (χ0n) is 22.9. The van der Waals surface area contributed by atoms with E-state index in [1.807, 2.05) is 19.0 Å². The van der Waals surface area contributed by atoms with Crippen LogP contribution >= 0.6 is 0 Å². The van der Waals surface area contributed by atoms with Crippen molar-refractivity contribution in [3.05, 3.63) is 94.8 Å². The van der Waals surface area contributed by atoms with Crippen molar-refractivity contribution < 1.29 is 27.2 Å². The molecule has 9 nitrogen and oxygen atoms in total. The minimum Gasteiger partial charge on any atom is -0.349 e. The Morgan fingerprint density at radius 3 is 2.55 bits per heavy atom. The molecule has 0 saturated carbocycles. The number of amides is 2. The van der Waals surface area contributed by atoms with Crippen LogP contribution in [0, 0.1) is 5.82 Å². The maximum Gasteiger partial charge on any atom is 0.419 e. The Hall–Kier alpha value is -4.78. The van der Waals surface area contributed by atoms with Crippen LogP contribution in [0.5, 0.6) is 0 Å². The number of hydrogen-bond acceptors (Lipinski definition) is 6. The Morgan fingerprint density at radius 1 is 1.05 bits per heavy atom. The third kappa shape index (κ3) is 5.81. The molecule has 0 saturated heterocycles. The molecule has 0 fully saturated rings. The smallest absolute Gasteiger partial charge is 0.349 e. The third-order valence-electron chi connectivity index (χ3n) is 6.81. The summed E-state index contributed by atoms with van der Waals surface area (Å²) in [6.07, 6.45) is -1.60. The Labute approximate surface area is 238 Å². The lowest BCUT2D eigenvalue weighted by molar-refractivity contribution is -0.140. The van der Waals surface area contributed by atoms with E-state index in [4.69, 9.17) is 0 Å². The monoisotopic (exact) mass is 581 g/mol. The van der Waals surface area contributed by atoms with E-state index in [9.17, 15) is 27.2 Å². The highest BCUT2D eigenvalue weighted by atomic mass is 19.4. The van der Waals surface area contributed by atoms with Crippen LogP contribution in [0.15, 0.2) is 72.2 Å². The molecule has 4 aromatic rings. The van der Waals surface area contributed by atoms with Crippen LogP contribution in [0.1, 0.15) is 34.6 Å². The van der Waals surface area contributed by atoms with E-state index in [1.165, 1.54) is 10.7 Å². The lowest BCUT2D eigenvalue weighted by Crippen LogP contribution is -2.32. The first-order valence-electron chi connectivity index (χ1n) is 12.9. The van der Waals surface area contributed by atoms with E-state index < -0.39 is 35.4 Å². The topological polar surface area (TPSA) is 104 Å². The summed E-state index contributed by atoms with van der Waals surface area (Å²) in [6.45, 7) is 2.55. The van der Waals surface area contributed by atoms with Gasteiger partial charge in [0.1, 0.15) is 17.7 Å². The maximum atomic E-state index is 14.8. The van der Waals surface area contributed by atoms with E-state index in [0.717, 1.165) is 22.9 Å². The van der Waals surface area contributed by atoms with Crippen LogP contribution < -0.4 is 16.0 Å². The highest BCUT2D eigenvalue weighted by Gasteiger charge is 2.37. The molecule has 1 aliphatic heterocycles. The number of fused-ring (bicyclic) bond motifs is 2. The average molecular weight is 582 g/mol. The van der Waals surface area contributed by atoms with E-state index in [2.05, 4.69) is 26.0 Å². The van der Waals surface area contributed by atoms with Crippen LogP contribution in [-0.4, -0.2) is 58.7 Å². The molecule has 42 heavy (non-hydrogen) atoms. The number of nitrogens with one attached hydrogen (secondary N) is 3. The summed E-state index contributed by atoms with van der Waals surface area (Å²) in [5, 5.41) is 14.7. The Kier molecular flexibility index (Phi) is 7.69. The number of alkyl halides is 3. The summed E-state index contributed by atoms with van der Waals surface area (Å²) in [7, 11) is 3.71. The molecule has 218 valence electrons. The van der Waals surface area contributed by atoms with Gasteiger partial charge in [0.05, 0.1) is 11.1 Å². The van der Waals surface area contributed by atoms with Crippen molar-refractivity contribution in [2.75, 3.05) is 37.8 Å². The first-order chi connectivity index (χ1) is 19.9. The van der Waals surface area contributed by atoms with Gasteiger partial charge in [-0.15, -0.1) is 0 Å². The number of rotatable bonds is 7. The average Bonchev–Trinajstić information content (AvgIpc) is 3.35. The number of allylic oxidation sites excluding steroid dienone is 1. The number of halogens is 4. The molecule has 0 aliphatic carbocycles. The molecule has 1 aliphatic rings. The molecule has 1 unspecified atom stereocenters. The van der Waals surface area contributed by atoms with Crippen LogP contribution in [0.25, 0.3) is 10.8 Å². The largest absolute Gasteiger partial charge is 0.419 e. The summed E-state index contributed by atoms with van der Waals surface area (Å²) in [5.74, 6) is -2.25. The SMILES string of the molecule is CC1=C(C(=O)Nc2ccc3cnccc3c2)C(c2ccc(C(F)(F)F)c(F)c2)n2nc(C(=O)NCCN(C)C)cc2N1. The molecule has 1 atom stereocenters. The number of pyridine rings is 1.